The average molecular weight is 192 g/mol. The largest absolute Gasteiger partial charge is 0.490 e. The SMILES string of the molecule is N#Cc1cc(F)c2c(c1)C(N)CCO2. The first-order chi connectivity index (χ1) is 6.72. The predicted octanol–water partition coefficient (Wildman–Crippen LogP) is 1.48. The zero-order valence-corrected chi connectivity index (χ0v) is 7.46. The zero-order valence-electron chi connectivity index (χ0n) is 7.46. The molecule has 0 bridgehead atoms. The smallest absolute Gasteiger partial charge is 0.166 e. The summed E-state index contributed by atoms with van der Waals surface area (Å²) in [6.07, 6.45) is 0.654. The van der Waals surface area contributed by atoms with Gasteiger partial charge in [0.15, 0.2) is 11.6 Å². The molecule has 4 heteroatoms. The molecule has 1 heterocycles. The van der Waals surface area contributed by atoms with Crippen molar-refractivity contribution in [3.63, 3.8) is 0 Å². The van der Waals surface area contributed by atoms with E-state index in [9.17, 15) is 4.39 Å². The Labute approximate surface area is 80.9 Å². The molecule has 2 rings (SSSR count). The van der Waals surface area contributed by atoms with Crippen LogP contribution in [-0.2, 0) is 0 Å². The fraction of sp³-hybridized carbons (Fsp3) is 0.300. The molecule has 0 aromatic heterocycles. The molecule has 1 aliphatic rings. The van der Waals surface area contributed by atoms with Crippen molar-refractivity contribution in [1.29, 1.82) is 5.26 Å². The fourth-order valence-electron chi connectivity index (χ4n) is 1.55. The highest BCUT2D eigenvalue weighted by atomic mass is 19.1. The number of fused-ring (bicyclic) bond motifs is 1. The van der Waals surface area contributed by atoms with Gasteiger partial charge in [0.1, 0.15) is 0 Å². The van der Waals surface area contributed by atoms with Gasteiger partial charge in [-0.15, -0.1) is 0 Å². The number of ether oxygens (including phenoxy) is 1. The van der Waals surface area contributed by atoms with Gasteiger partial charge in [0.25, 0.3) is 0 Å². The predicted molar refractivity (Wildman–Crippen MR) is 48.2 cm³/mol. The molecule has 0 spiro atoms. The van der Waals surface area contributed by atoms with Crippen LogP contribution in [0.2, 0.25) is 0 Å². The van der Waals surface area contributed by atoms with Crippen LogP contribution < -0.4 is 10.5 Å². The lowest BCUT2D eigenvalue weighted by Crippen LogP contribution is -2.21. The maximum Gasteiger partial charge on any atom is 0.166 e. The quantitative estimate of drug-likeness (QED) is 0.677. The van der Waals surface area contributed by atoms with Crippen LogP contribution in [0.25, 0.3) is 0 Å². The molecule has 1 aliphatic heterocycles. The highest BCUT2D eigenvalue weighted by Gasteiger charge is 2.22. The van der Waals surface area contributed by atoms with Gasteiger partial charge in [-0.25, -0.2) is 4.39 Å². The van der Waals surface area contributed by atoms with Gasteiger partial charge in [-0.3, -0.25) is 0 Å². The Bertz CT molecular complexity index is 411. The Balaban J connectivity index is 2.58. The topological polar surface area (TPSA) is 59.0 Å². The van der Waals surface area contributed by atoms with Crippen LogP contribution in [-0.4, -0.2) is 6.61 Å². The lowest BCUT2D eigenvalue weighted by atomic mass is 9.99. The summed E-state index contributed by atoms with van der Waals surface area (Å²) < 4.78 is 18.5. The van der Waals surface area contributed by atoms with Gasteiger partial charge in [-0.1, -0.05) is 0 Å². The molecule has 0 aliphatic carbocycles. The minimum Gasteiger partial charge on any atom is -0.490 e. The molecular weight excluding hydrogens is 183 g/mol. The van der Waals surface area contributed by atoms with Gasteiger partial charge in [0, 0.05) is 18.0 Å². The summed E-state index contributed by atoms with van der Waals surface area (Å²) in [6.45, 7) is 0.428. The van der Waals surface area contributed by atoms with Crippen molar-refractivity contribution in [1.82, 2.24) is 0 Å². The van der Waals surface area contributed by atoms with Crippen molar-refractivity contribution in [3.05, 3.63) is 29.1 Å². The second kappa shape index (κ2) is 3.28. The fourth-order valence-corrected chi connectivity index (χ4v) is 1.55. The van der Waals surface area contributed by atoms with Crippen LogP contribution in [0, 0.1) is 17.1 Å². The highest BCUT2D eigenvalue weighted by Crippen LogP contribution is 2.33. The molecule has 0 amide bonds. The number of benzene rings is 1. The van der Waals surface area contributed by atoms with Crippen LogP contribution in [0.3, 0.4) is 0 Å². The summed E-state index contributed by atoms with van der Waals surface area (Å²) in [4.78, 5) is 0. The van der Waals surface area contributed by atoms with Gasteiger partial charge >= 0.3 is 0 Å². The van der Waals surface area contributed by atoms with Crippen LogP contribution in [0.5, 0.6) is 5.75 Å². The van der Waals surface area contributed by atoms with E-state index in [1.54, 1.807) is 6.07 Å². The summed E-state index contributed by atoms with van der Waals surface area (Å²) in [5, 5.41) is 8.65. The molecule has 3 nitrogen and oxygen atoms in total. The lowest BCUT2D eigenvalue weighted by Gasteiger charge is -2.23. The normalized spacial score (nSPS) is 19.4. The molecule has 0 saturated carbocycles. The Morgan fingerprint density at radius 1 is 1.57 bits per heavy atom. The molecule has 0 fully saturated rings. The molecule has 14 heavy (non-hydrogen) atoms. The van der Waals surface area contributed by atoms with E-state index in [-0.39, 0.29) is 17.4 Å². The number of hydrogen-bond donors (Lipinski definition) is 1. The Kier molecular flexibility index (Phi) is 2.10. The van der Waals surface area contributed by atoms with Gasteiger partial charge in [0.05, 0.1) is 18.2 Å². The van der Waals surface area contributed by atoms with Crippen molar-refractivity contribution >= 4 is 0 Å². The summed E-state index contributed by atoms with van der Waals surface area (Å²) in [7, 11) is 0. The number of halogens is 1. The summed E-state index contributed by atoms with van der Waals surface area (Å²) >= 11 is 0. The third-order valence-corrected chi connectivity index (χ3v) is 2.28. The molecule has 1 aromatic rings. The summed E-state index contributed by atoms with van der Waals surface area (Å²) in [5.74, 6) is -0.308. The number of hydrogen-bond acceptors (Lipinski definition) is 3. The standard InChI is InChI=1S/C10H9FN2O/c11-8-4-6(5-12)3-7-9(13)1-2-14-10(7)8/h3-4,9H,1-2,13H2. The van der Waals surface area contributed by atoms with Crippen LogP contribution in [0.15, 0.2) is 12.1 Å². The van der Waals surface area contributed by atoms with Crippen LogP contribution >= 0.6 is 0 Å². The molecule has 0 saturated heterocycles. The minimum atomic E-state index is -0.505. The number of nitrogens with two attached hydrogens (primary N) is 1. The average Bonchev–Trinajstić information content (AvgIpc) is 2.19. The summed E-state index contributed by atoms with van der Waals surface area (Å²) in [6, 6.07) is 4.40. The van der Waals surface area contributed by atoms with Crippen LogP contribution in [0.4, 0.5) is 4.39 Å². The van der Waals surface area contributed by atoms with E-state index < -0.39 is 5.82 Å². The first kappa shape index (κ1) is 8.97. The zero-order chi connectivity index (χ0) is 10.1. The Morgan fingerprint density at radius 2 is 2.36 bits per heavy atom. The first-order valence-corrected chi connectivity index (χ1v) is 4.34. The van der Waals surface area contributed by atoms with E-state index in [0.717, 1.165) is 6.07 Å². The molecular formula is C10H9FN2O. The minimum absolute atomic E-state index is 0.197. The van der Waals surface area contributed by atoms with E-state index >= 15 is 0 Å². The van der Waals surface area contributed by atoms with Gasteiger partial charge in [0.2, 0.25) is 0 Å². The third kappa shape index (κ3) is 1.32. The number of nitrogens with zero attached hydrogens (tertiary/aromatic N) is 1. The Morgan fingerprint density at radius 3 is 3.07 bits per heavy atom. The molecule has 1 unspecified atom stereocenters. The molecule has 1 aromatic carbocycles. The number of nitriles is 1. The van der Waals surface area contributed by atoms with Gasteiger partial charge < -0.3 is 10.5 Å². The van der Waals surface area contributed by atoms with Crippen molar-refractivity contribution in [2.45, 2.75) is 12.5 Å². The van der Waals surface area contributed by atoms with Gasteiger partial charge in [-0.2, -0.15) is 5.26 Å². The maximum atomic E-state index is 13.4. The van der Waals surface area contributed by atoms with Crippen molar-refractivity contribution < 1.29 is 9.13 Å². The van der Waals surface area contributed by atoms with E-state index in [1.165, 1.54) is 0 Å². The maximum absolute atomic E-state index is 13.4. The third-order valence-electron chi connectivity index (χ3n) is 2.28. The molecule has 0 radical (unpaired) electrons. The van der Waals surface area contributed by atoms with Crippen molar-refractivity contribution in [2.24, 2.45) is 5.73 Å². The second-order valence-electron chi connectivity index (χ2n) is 3.23. The number of rotatable bonds is 0. The van der Waals surface area contributed by atoms with Gasteiger partial charge in [-0.05, 0) is 12.1 Å². The monoisotopic (exact) mass is 192 g/mol. The molecule has 2 N–H and O–H groups in total. The lowest BCUT2D eigenvalue weighted by molar-refractivity contribution is 0.255. The van der Waals surface area contributed by atoms with E-state index in [1.807, 2.05) is 6.07 Å². The van der Waals surface area contributed by atoms with E-state index in [0.29, 0.717) is 18.6 Å². The Hall–Kier alpha value is -1.60. The van der Waals surface area contributed by atoms with E-state index in [2.05, 4.69) is 0 Å². The summed E-state index contributed by atoms with van der Waals surface area (Å²) in [5.41, 5.74) is 6.65. The van der Waals surface area contributed by atoms with E-state index in [4.69, 9.17) is 15.7 Å². The van der Waals surface area contributed by atoms with Crippen LogP contribution in [0.1, 0.15) is 23.6 Å². The highest BCUT2D eigenvalue weighted by molar-refractivity contribution is 5.45. The van der Waals surface area contributed by atoms with Crippen molar-refractivity contribution in [2.75, 3.05) is 6.61 Å². The molecule has 1 atom stereocenters. The molecule has 72 valence electrons. The second-order valence-corrected chi connectivity index (χ2v) is 3.23. The van der Waals surface area contributed by atoms with Crippen molar-refractivity contribution in [3.8, 4) is 11.8 Å². The first-order valence-electron chi connectivity index (χ1n) is 4.34.